The van der Waals surface area contributed by atoms with E-state index in [2.05, 4.69) is 10.6 Å². The molecule has 0 bridgehead atoms. The van der Waals surface area contributed by atoms with Crippen LogP contribution in [-0.2, 0) is 9.53 Å². The van der Waals surface area contributed by atoms with E-state index in [0.717, 1.165) is 5.75 Å². The molecule has 1 aromatic carbocycles. The Bertz CT molecular complexity index is 590. The average Bonchev–Trinajstić information content (AvgIpc) is 2.58. The van der Waals surface area contributed by atoms with Gasteiger partial charge in [0.1, 0.15) is 11.4 Å². The van der Waals surface area contributed by atoms with Crippen LogP contribution in [0.1, 0.15) is 27.7 Å². The Morgan fingerprint density at radius 1 is 1.15 bits per heavy atom. The third kappa shape index (κ3) is 12.4. The van der Waals surface area contributed by atoms with E-state index in [-0.39, 0.29) is 11.8 Å². The minimum absolute atomic E-state index is 0.0318. The number of thioether (sulfide) groups is 1. The lowest BCUT2D eigenvalue weighted by atomic mass is 10.2. The number of alkyl carbamates (subject to hydrolysis) is 1. The second-order valence-corrected chi connectivity index (χ2v) is 8.69. The molecule has 27 heavy (non-hydrogen) atoms. The molecule has 0 fully saturated rings. The molecule has 0 saturated heterocycles. The predicted molar refractivity (Wildman–Crippen MR) is 111 cm³/mol. The first-order valence-corrected chi connectivity index (χ1v) is 10.4. The van der Waals surface area contributed by atoms with E-state index in [1.165, 1.54) is 11.8 Å². The smallest absolute Gasteiger partial charge is 0.407 e. The van der Waals surface area contributed by atoms with Gasteiger partial charge in [0.05, 0.1) is 12.4 Å². The second kappa shape index (κ2) is 12.0. The predicted octanol–water partition coefficient (Wildman–Crippen LogP) is 3.73. The van der Waals surface area contributed by atoms with Crippen LogP contribution in [0, 0.1) is 5.92 Å². The van der Waals surface area contributed by atoms with E-state index in [1.54, 1.807) is 12.1 Å². The molecule has 0 spiro atoms. The van der Waals surface area contributed by atoms with E-state index in [4.69, 9.17) is 21.1 Å². The zero-order valence-electron chi connectivity index (χ0n) is 16.3. The first kappa shape index (κ1) is 23.4. The van der Waals surface area contributed by atoms with Crippen molar-refractivity contribution in [3.63, 3.8) is 0 Å². The van der Waals surface area contributed by atoms with Crippen LogP contribution >= 0.6 is 23.4 Å². The summed E-state index contributed by atoms with van der Waals surface area (Å²) >= 11 is 7.32. The summed E-state index contributed by atoms with van der Waals surface area (Å²) in [5.74, 6) is 1.92. The summed E-state index contributed by atoms with van der Waals surface area (Å²) in [5.41, 5.74) is -0.518. The fourth-order valence-corrected chi connectivity index (χ4v) is 2.66. The van der Waals surface area contributed by atoms with E-state index in [9.17, 15) is 9.59 Å². The lowest BCUT2D eigenvalue weighted by Gasteiger charge is -2.21. The number of amides is 2. The number of ether oxygens (including phenoxy) is 2. The number of hydrogen-bond acceptors (Lipinski definition) is 5. The highest BCUT2D eigenvalue weighted by atomic mass is 35.5. The van der Waals surface area contributed by atoms with Gasteiger partial charge in [0, 0.05) is 23.9 Å². The number of carbonyl (C=O) groups is 2. The second-order valence-electron chi connectivity index (χ2n) is 7.15. The molecule has 1 atom stereocenters. The number of rotatable bonds is 10. The molecule has 2 amide bonds. The van der Waals surface area contributed by atoms with Crippen molar-refractivity contribution in [1.82, 2.24) is 10.6 Å². The Morgan fingerprint density at radius 3 is 2.41 bits per heavy atom. The van der Waals surface area contributed by atoms with Crippen LogP contribution in [0.5, 0.6) is 5.75 Å². The standard InChI is InChI=1S/C19H29ClN2O4S/c1-14(12-22-18(24)26-19(2,3)4)11-21-17(23)13-27-10-9-25-16-7-5-15(20)6-8-16/h5-8,14H,9-13H2,1-4H3,(H,21,23)(H,22,24)/t14-/m0/s1. The molecule has 0 saturated carbocycles. The topological polar surface area (TPSA) is 76.7 Å². The molecule has 0 aliphatic heterocycles. The van der Waals surface area contributed by atoms with Gasteiger partial charge in [-0.25, -0.2) is 4.79 Å². The monoisotopic (exact) mass is 416 g/mol. The fraction of sp³-hybridized carbons (Fsp3) is 0.579. The Morgan fingerprint density at radius 2 is 1.78 bits per heavy atom. The van der Waals surface area contributed by atoms with Crippen molar-refractivity contribution < 1.29 is 19.1 Å². The van der Waals surface area contributed by atoms with Gasteiger partial charge in [-0.1, -0.05) is 18.5 Å². The molecule has 0 radical (unpaired) electrons. The minimum Gasteiger partial charge on any atom is -0.493 e. The van der Waals surface area contributed by atoms with Crippen LogP contribution in [0.2, 0.25) is 5.02 Å². The van der Waals surface area contributed by atoms with Gasteiger partial charge in [-0.15, -0.1) is 11.8 Å². The highest BCUT2D eigenvalue weighted by Gasteiger charge is 2.16. The summed E-state index contributed by atoms with van der Waals surface area (Å²) in [6.45, 7) is 8.85. The quantitative estimate of drug-likeness (QED) is 0.568. The zero-order valence-corrected chi connectivity index (χ0v) is 17.9. The van der Waals surface area contributed by atoms with E-state index >= 15 is 0 Å². The largest absolute Gasteiger partial charge is 0.493 e. The fourth-order valence-electron chi connectivity index (χ4n) is 1.90. The lowest BCUT2D eigenvalue weighted by Crippen LogP contribution is -2.38. The maximum Gasteiger partial charge on any atom is 0.407 e. The number of carbonyl (C=O) groups excluding carboxylic acids is 2. The van der Waals surface area contributed by atoms with Crippen molar-refractivity contribution in [1.29, 1.82) is 0 Å². The van der Waals surface area contributed by atoms with Crippen LogP contribution in [0.3, 0.4) is 0 Å². The molecule has 2 N–H and O–H groups in total. The molecule has 0 unspecified atom stereocenters. The summed E-state index contributed by atoms with van der Waals surface area (Å²) in [6.07, 6.45) is -0.447. The molecule has 1 aromatic rings. The van der Waals surface area contributed by atoms with Gasteiger partial charge in [-0.05, 0) is 51.0 Å². The van der Waals surface area contributed by atoms with Crippen molar-refractivity contribution in [2.45, 2.75) is 33.3 Å². The van der Waals surface area contributed by atoms with Crippen LogP contribution < -0.4 is 15.4 Å². The van der Waals surface area contributed by atoms with Gasteiger partial charge in [0.15, 0.2) is 0 Å². The minimum atomic E-state index is -0.518. The number of halogens is 1. The van der Waals surface area contributed by atoms with Gasteiger partial charge in [-0.3, -0.25) is 4.79 Å². The van der Waals surface area contributed by atoms with Crippen LogP contribution in [-0.4, -0.2) is 48.8 Å². The molecule has 6 nitrogen and oxygen atoms in total. The maximum absolute atomic E-state index is 11.8. The highest BCUT2D eigenvalue weighted by Crippen LogP contribution is 2.15. The summed E-state index contributed by atoms with van der Waals surface area (Å²) in [5, 5.41) is 6.23. The molecule has 0 aliphatic rings. The molecule has 0 aromatic heterocycles. The van der Waals surface area contributed by atoms with Crippen LogP contribution in [0.4, 0.5) is 4.79 Å². The average molecular weight is 417 g/mol. The number of hydrogen-bond donors (Lipinski definition) is 2. The van der Waals surface area contributed by atoms with Crippen LogP contribution in [0.25, 0.3) is 0 Å². The Balaban J connectivity index is 2.06. The zero-order chi connectivity index (χ0) is 20.3. The molecule has 8 heteroatoms. The molecule has 0 aliphatic carbocycles. The highest BCUT2D eigenvalue weighted by molar-refractivity contribution is 7.99. The summed E-state index contributed by atoms with van der Waals surface area (Å²) < 4.78 is 10.7. The summed E-state index contributed by atoms with van der Waals surface area (Å²) in [6, 6.07) is 7.17. The molecular weight excluding hydrogens is 388 g/mol. The van der Waals surface area contributed by atoms with Crippen molar-refractivity contribution in [3.8, 4) is 5.75 Å². The summed E-state index contributed by atoms with van der Waals surface area (Å²) in [4.78, 5) is 23.4. The first-order valence-electron chi connectivity index (χ1n) is 8.85. The van der Waals surface area contributed by atoms with Crippen molar-refractivity contribution in [2.75, 3.05) is 31.2 Å². The van der Waals surface area contributed by atoms with Gasteiger partial charge in [0.25, 0.3) is 0 Å². The summed E-state index contributed by atoms with van der Waals surface area (Å²) in [7, 11) is 0. The number of benzene rings is 1. The molecular formula is C19H29ClN2O4S. The Kier molecular flexibility index (Phi) is 10.4. The molecule has 0 heterocycles. The maximum atomic E-state index is 11.8. The van der Waals surface area contributed by atoms with E-state index < -0.39 is 11.7 Å². The molecule has 152 valence electrons. The van der Waals surface area contributed by atoms with Crippen LogP contribution in [0.15, 0.2) is 24.3 Å². The Hall–Kier alpha value is -1.60. The van der Waals surface area contributed by atoms with E-state index in [1.807, 2.05) is 39.8 Å². The van der Waals surface area contributed by atoms with E-state index in [0.29, 0.717) is 36.2 Å². The van der Waals surface area contributed by atoms with Crippen molar-refractivity contribution in [3.05, 3.63) is 29.3 Å². The van der Waals surface area contributed by atoms with Gasteiger partial charge >= 0.3 is 6.09 Å². The van der Waals surface area contributed by atoms with Crippen molar-refractivity contribution in [2.24, 2.45) is 5.92 Å². The lowest BCUT2D eigenvalue weighted by molar-refractivity contribution is -0.118. The number of nitrogens with one attached hydrogen (secondary N) is 2. The molecule has 1 rings (SSSR count). The Labute approximate surface area is 170 Å². The van der Waals surface area contributed by atoms with Gasteiger partial charge < -0.3 is 20.1 Å². The van der Waals surface area contributed by atoms with Crippen molar-refractivity contribution >= 4 is 35.4 Å². The third-order valence-corrected chi connectivity index (χ3v) is 4.36. The first-order chi connectivity index (χ1) is 12.7. The SMILES string of the molecule is C[C@@H](CNC(=O)CSCCOc1ccc(Cl)cc1)CNC(=O)OC(C)(C)C. The normalized spacial score (nSPS) is 12.2. The third-order valence-electron chi connectivity index (χ3n) is 3.18. The van der Waals surface area contributed by atoms with Gasteiger partial charge in [-0.2, -0.15) is 0 Å². The van der Waals surface area contributed by atoms with Gasteiger partial charge in [0.2, 0.25) is 5.91 Å².